The van der Waals surface area contributed by atoms with Crippen LogP contribution in [0.25, 0.3) is 0 Å². The highest BCUT2D eigenvalue weighted by Crippen LogP contribution is 2.62. The highest BCUT2D eigenvalue weighted by Gasteiger charge is 2.93. The van der Waals surface area contributed by atoms with Crippen LogP contribution >= 0.6 is 0 Å². The number of hydrogen-bond acceptors (Lipinski definition) is 2. The van der Waals surface area contributed by atoms with Crippen LogP contribution in [-0.4, -0.2) is 54.4 Å². The van der Waals surface area contributed by atoms with Crippen molar-refractivity contribution in [3.05, 3.63) is 29.8 Å². The molecule has 2 nitrogen and oxygen atoms in total. The smallest absolute Gasteiger partial charge is 0.460 e. The van der Waals surface area contributed by atoms with Crippen LogP contribution < -0.4 is 4.74 Å². The summed E-state index contributed by atoms with van der Waals surface area (Å²) in [4.78, 5) is 0. The molecule has 1 rings (SSSR count). The maximum absolute atomic E-state index is 14.0. The molecule has 0 aliphatic heterocycles. The molecule has 4 atom stereocenters. The molecular weight excluding hydrogens is 713 g/mol. The van der Waals surface area contributed by atoms with Crippen LogP contribution in [0.2, 0.25) is 0 Å². The monoisotopic (exact) mass is 758 g/mol. The average molecular weight is 759 g/mol. The lowest BCUT2D eigenvalue weighted by Crippen LogP contribution is -2.72. The lowest BCUT2D eigenvalue weighted by molar-refractivity contribution is -0.452. The van der Waals surface area contributed by atoms with E-state index in [-0.39, 0.29) is 24.4 Å². The van der Waals surface area contributed by atoms with Gasteiger partial charge in [0.15, 0.2) is 0 Å². The number of rotatable bonds is 23. The summed E-state index contributed by atoms with van der Waals surface area (Å²) in [6, 6.07) is 5.66. The van der Waals surface area contributed by atoms with Crippen LogP contribution in [0.15, 0.2) is 24.3 Å². The van der Waals surface area contributed by atoms with Crippen molar-refractivity contribution in [1.29, 1.82) is 0 Å². The molecule has 0 saturated carbocycles. The number of halogens is 15. The third-order valence-electron chi connectivity index (χ3n) is 8.98. The van der Waals surface area contributed by atoms with E-state index in [1.807, 2.05) is 6.92 Å². The summed E-state index contributed by atoms with van der Waals surface area (Å²) in [6.07, 6.45) is -3.46. The van der Waals surface area contributed by atoms with Crippen LogP contribution in [0.1, 0.15) is 98.0 Å². The van der Waals surface area contributed by atoms with Gasteiger partial charge in [0, 0.05) is 6.42 Å². The third kappa shape index (κ3) is 10.7. The predicted molar refractivity (Wildman–Crippen MR) is 157 cm³/mol. The third-order valence-corrected chi connectivity index (χ3v) is 8.98. The number of hydrogen-bond donors (Lipinski definition) is 0. The second-order valence-corrected chi connectivity index (χ2v) is 13.1. The fourth-order valence-corrected chi connectivity index (χ4v) is 4.90. The molecule has 17 heteroatoms. The molecular formula is C33H45F15O2. The molecule has 0 fully saturated rings. The molecule has 0 aliphatic rings. The van der Waals surface area contributed by atoms with E-state index in [0.29, 0.717) is 11.5 Å². The second kappa shape index (κ2) is 17.6. The van der Waals surface area contributed by atoms with Crippen molar-refractivity contribution in [3.63, 3.8) is 0 Å². The van der Waals surface area contributed by atoms with Crippen molar-refractivity contribution in [1.82, 2.24) is 0 Å². The topological polar surface area (TPSA) is 18.5 Å². The molecule has 0 aliphatic carbocycles. The SMILES string of the molecule is CC[C@@H](C)CCC[C@@H](C)CCC[C@@H](C)[C@H](C)OCc1ccc(OCCCC(F)(F)C(F)(F)C(F)(F)C(F)(F)C(F)(F)C(F)(F)C(F)(F)F)cc1. The van der Waals surface area contributed by atoms with Gasteiger partial charge >= 0.3 is 41.7 Å². The Hall–Kier alpha value is -2.07. The van der Waals surface area contributed by atoms with Gasteiger partial charge in [-0.15, -0.1) is 0 Å². The van der Waals surface area contributed by atoms with Gasteiger partial charge in [0.25, 0.3) is 0 Å². The van der Waals surface area contributed by atoms with Crippen molar-refractivity contribution in [2.75, 3.05) is 6.61 Å². The van der Waals surface area contributed by atoms with E-state index in [2.05, 4.69) is 27.7 Å². The molecule has 0 aromatic heterocycles. The van der Waals surface area contributed by atoms with Gasteiger partial charge in [-0.05, 0) is 55.2 Å². The first-order valence-electron chi connectivity index (χ1n) is 16.3. The van der Waals surface area contributed by atoms with Crippen molar-refractivity contribution < 1.29 is 75.3 Å². The molecule has 0 saturated heterocycles. The van der Waals surface area contributed by atoms with Gasteiger partial charge in [-0.3, -0.25) is 0 Å². The highest BCUT2D eigenvalue weighted by molar-refractivity contribution is 5.27. The molecule has 0 unspecified atom stereocenters. The van der Waals surface area contributed by atoms with Crippen LogP contribution in [0.4, 0.5) is 65.9 Å². The summed E-state index contributed by atoms with van der Waals surface area (Å²) < 4.78 is 211. The van der Waals surface area contributed by atoms with Gasteiger partial charge < -0.3 is 9.47 Å². The summed E-state index contributed by atoms with van der Waals surface area (Å²) in [5.74, 6) is -44.8. The minimum Gasteiger partial charge on any atom is -0.494 e. The molecule has 294 valence electrons. The van der Waals surface area contributed by atoms with E-state index < -0.39 is 61.2 Å². The Kier molecular flexibility index (Phi) is 16.2. The van der Waals surface area contributed by atoms with Gasteiger partial charge in [-0.1, -0.05) is 78.4 Å². The summed E-state index contributed by atoms with van der Waals surface area (Å²) in [5, 5.41) is 0. The second-order valence-electron chi connectivity index (χ2n) is 13.1. The summed E-state index contributed by atoms with van der Waals surface area (Å²) in [7, 11) is 0. The lowest BCUT2D eigenvalue weighted by atomic mass is 9.90. The molecule has 50 heavy (non-hydrogen) atoms. The Balaban J connectivity index is 2.64. The number of benzene rings is 1. The quantitative estimate of drug-likeness (QED) is 0.0817. The first-order valence-corrected chi connectivity index (χ1v) is 16.3. The largest absolute Gasteiger partial charge is 0.494 e. The van der Waals surface area contributed by atoms with E-state index >= 15 is 0 Å². The highest BCUT2D eigenvalue weighted by atomic mass is 19.4. The van der Waals surface area contributed by atoms with Crippen molar-refractivity contribution >= 4 is 0 Å². The van der Waals surface area contributed by atoms with Gasteiger partial charge in [0.1, 0.15) is 5.75 Å². The Morgan fingerprint density at radius 1 is 0.560 bits per heavy atom. The average Bonchev–Trinajstić information content (AvgIpc) is 3.01. The Bertz CT molecular complexity index is 1140. The lowest BCUT2D eigenvalue weighted by Gasteiger charge is -2.41. The van der Waals surface area contributed by atoms with E-state index in [0.717, 1.165) is 25.2 Å². The molecule has 0 heterocycles. The predicted octanol–water partition coefficient (Wildman–Crippen LogP) is 12.8. The number of alkyl halides is 15. The molecule has 0 spiro atoms. The molecule has 0 bridgehead atoms. The van der Waals surface area contributed by atoms with Crippen LogP contribution in [-0.2, 0) is 11.3 Å². The zero-order chi connectivity index (χ0) is 39.0. The van der Waals surface area contributed by atoms with E-state index in [4.69, 9.17) is 9.47 Å². The molecule has 1 aromatic carbocycles. The minimum absolute atomic E-state index is 0.0330. The zero-order valence-electron chi connectivity index (χ0n) is 28.4. The van der Waals surface area contributed by atoms with Gasteiger partial charge in [-0.25, -0.2) is 0 Å². The van der Waals surface area contributed by atoms with Gasteiger partial charge in [0.2, 0.25) is 0 Å². The summed E-state index contributed by atoms with van der Waals surface area (Å²) in [6.45, 7) is 9.96. The molecule has 0 N–H and O–H groups in total. The molecule has 0 radical (unpaired) electrons. The van der Waals surface area contributed by atoms with Crippen molar-refractivity contribution in [3.8, 4) is 5.75 Å². The van der Waals surface area contributed by atoms with E-state index in [1.54, 1.807) is 0 Å². The minimum atomic E-state index is -8.28. The normalized spacial score (nSPS) is 16.6. The van der Waals surface area contributed by atoms with Crippen LogP contribution in [0.3, 0.4) is 0 Å². The van der Waals surface area contributed by atoms with Crippen molar-refractivity contribution in [2.24, 2.45) is 17.8 Å². The standard InChI is InChI=1S/C33H45F15O2/c1-6-21(2)10-7-11-22(3)12-8-13-23(4)24(5)50-20-25-14-16-26(17-15-25)49-19-9-18-27(34,35)28(36,37)29(38,39)30(40,41)31(42,43)32(44,45)33(46,47)48/h14-17,21-24H,6-13,18-20H2,1-5H3/t21-,22-,23-,24+/m1/s1. The first-order chi connectivity index (χ1) is 22.6. The number of ether oxygens (including phenoxy) is 2. The van der Waals surface area contributed by atoms with Crippen LogP contribution in [0, 0.1) is 17.8 Å². The summed E-state index contributed by atoms with van der Waals surface area (Å²) in [5.41, 5.74) is 0.661. The fraction of sp³-hybridized carbons (Fsp3) is 0.818. The Morgan fingerprint density at radius 2 is 1.02 bits per heavy atom. The van der Waals surface area contributed by atoms with E-state index in [9.17, 15) is 65.9 Å². The fourth-order valence-electron chi connectivity index (χ4n) is 4.90. The Morgan fingerprint density at radius 3 is 1.52 bits per heavy atom. The summed E-state index contributed by atoms with van der Waals surface area (Å²) >= 11 is 0. The maximum Gasteiger partial charge on any atom is 0.460 e. The van der Waals surface area contributed by atoms with Crippen LogP contribution in [0.5, 0.6) is 5.75 Å². The van der Waals surface area contributed by atoms with Crippen molar-refractivity contribution in [2.45, 2.75) is 147 Å². The zero-order valence-corrected chi connectivity index (χ0v) is 28.4. The Labute approximate surface area is 282 Å². The first kappa shape index (κ1) is 46.0. The molecule has 0 amide bonds. The maximum atomic E-state index is 14.0. The van der Waals surface area contributed by atoms with E-state index in [1.165, 1.54) is 49.9 Å². The van der Waals surface area contributed by atoms with Gasteiger partial charge in [0.05, 0.1) is 19.3 Å². The van der Waals surface area contributed by atoms with Gasteiger partial charge in [-0.2, -0.15) is 65.9 Å². The molecule has 1 aromatic rings.